The van der Waals surface area contributed by atoms with E-state index in [0.717, 1.165) is 57.8 Å². The number of anilines is 1. The zero-order valence-electron chi connectivity index (χ0n) is 14.2. The monoisotopic (exact) mass is 345 g/mol. The Bertz CT molecular complexity index is 728. The van der Waals surface area contributed by atoms with Crippen LogP contribution in [0.1, 0.15) is 25.7 Å². The van der Waals surface area contributed by atoms with Crippen molar-refractivity contribution in [3.05, 3.63) is 12.1 Å². The molecule has 1 atom stereocenters. The second-order valence-electron chi connectivity index (χ2n) is 6.80. The van der Waals surface area contributed by atoms with E-state index in [1.165, 1.54) is 4.63 Å². The topological polar surface area (TPSA) is 97.5 Å². The number of nitrogens with zero attached hydrogens (tertiary/aromatic N) is 6. The van der Waals surface area contributed by atoms with Gasteiger partial charge in [0.05, 0.1) is 5.92 Å². The summed E-state index contributed by atoms with van der Waals surface area (Å²) in [5, 5.41) is 18.9. The summed E-state index contributed by atoms with van der Waals surface area (Å²) in [6.07, 6.45) is 3.97. The Morgan fingerprint density at radius 1 is 1.28 bits per heavy atom. The highest BCUT2D eigenvalue weighted by Gasteiger charge is 2.27. The fourth-order valence-electron chi connectivity index (χ4n) is 3.55. The summed E-state index contributed by atoms with van der Waals surface area (Å²) in [5.41, 5.74) is 0.617. The van der Waals surface area contributed by atoms with E-state index in [4.69, 9.17) is 4.74 Å². The van der Waals surface area contributed by atoms with Gasteiger partial charge < -0.3 is 15.0 Å². The third kappa shape index (κ3) is 3.71. The van der Waals surface area contributed by atoms with Gasteiger partial charge in [-0.05, 0) is 54.2 Å². The van der Waals surface area contributed by atoms with E-state index in [-0.39, 0.29) is 11.8 Å². The van der Waals surface area contributed by atoms with E-state index < -0.39 is 0 Å². The van der Waals surface area contributed by atoms with Crippen molar-refractivity contribution in [1.82, 2.24) is 30.6 Å². The molecule has 9 nitrogen and oxygen atoms in total. The number of aromatic nitrogens is 5. The number of carbonyl (C=O) groups is 1. The molecular weight excluding hydrogens is 322 g/mol. The lowest BCUT2D eigenvalue weighted by atomic mass is 9.96. The molecule has 0 radical (unpaired) electrons. The van der Waals surface area contributed by atoms with Crippen molar-refractivity contribution < 1.29 is 9.53 Å². The number of nitrogens with one attached hydrogen (secondary N) is 1. The van der Waals surface area contributed by atoms with E-state index in [0.29, 0.717) is 18.1 Å². The van der Waals surface area contributed by atoms with Crippen LogP contribution in [0.15, 0.2) is 12.1 Å². The van der Waals surface area contributed by atoms with Crippen LogP contribution < -0.4 is 10.2 Å². The normalized spacial score (nSPS) is 22.2. The van der Waals surface area contributed by atoms with Gasteiger partial charge in [-0.2, -0.15) is 0 Å². The molecule has 2 aliphatic rings. The molecule has 0 saturated carbocycles. The SMILES string of the molecule is O=C(NCC1CCOCC1)C1CCCN(c2ccc3nnnn3n2)C1. The van der Waals surface area contributed by atoms with Crippen molar-refractivity contribution in [2.75, 3.05) is 37.7 Å². The van der Waals surface area contributed by atoms with E-state index in [1.807, 2.05) is 12.1 Å². The number of hydrogen-bond donors (Lipinski definition) is 1. The maximum absolute atomic E-state index is 12.6. The molecule has 0 aliphatic carbocycles. The highest BCUT2D eigenvalue weighted by atomic mass is 16.5. The quantitative estimate of drug-likeness (QED) is 0.850. The van der Waals surface area contributed by atoms with Crippen LogP contribution in [0.25, 0.3) is 5.65 Å². The van der Waals surface area contributed by atoms with Crippen molar-refractivity contribution >= 4 is 17.4 Å². The van der Waals surface area contributed by atoms with E-state index in [9.17, 15) is 4.79 Å². The Labute approximate surface area is 145 Å². The number of rotatable bonds is 4. The minimum atomic E-state index is -0.0000380. The summed E-state index contributed by atoms with van der Waals surface area (Å²) < 4.78 is 6.79. The first-order valence-electron chi connectivity index (χ1n) is 8.95. The predicted molar refractivity (Wildman–Crippen MR) is 90.1 cm³/mol. The number of fused-ring (bicyclic) bond motifs is 1. The summed E-state index contributed by atoms with van der Waals surface area (Å²) in [7, 11) is 0. The summed E-state index contributed by atoms with van der Waals surface area (Å²) >= 11 is 0. The van der Waals surface area contributed by atoms with E-state index in [1.54, 1.807) is 0 Å². The summed E-state index contributed by atoms with van der Waals surface area (Å²) in [6.45, 7) is 3.95. The minimum Gasteiger partial charge on any atom is -0.381 e. The molecule has 25 heavy (non-hydrogen) atoms. The Kier molecular flexibility index (Phi) is 4.73. The van der Waals surface area contributed by atoms with Crippen molar-refractivity contribution in [2.45, 2.75) is 25.7 Å². The van der Waals surface area contributed by atoms with Gasteiger partial charge in [-0.15, -0.1) is 14.8 Å². The van der Waals surface area contributed by atoms with Crippen molar-refractivity contribution in [1.29, 1.82) is 0 Å². The maximum Gasteiger partial charge on any atom is 0.224 e. The van der Waals surface area contributed by atoms with Gasteiger partial charge in [0.1, 0.15) is 0 Å². The summed E-state index contributed by atoms with van der Waals surface area (Å²) in [5.74, 6) is 1.50. The Morgan fingerprint density at radius 3 is 3.04 bits per heavy atom. The molecule has 2 fully saturated rings. The second-order valence-corrected chi connectivity index (χ2v) is 6.80. The second kappa shape index (κ2) is 7.30. The smallest absolute Gasteiger partial charge is 0.224 e. The van der Waals surface area contributed by atoms with Gasteiger partial charge >= 0.3 is 0 Å². The lowest BCUT2D eigenvalue weighted by Gasteiger charge is -2.33. The molecule has 0 spiro atoms. The average molecular weight is 345 g/mol. The number of carbonyl (C=O) groups excluding carboxylic acids is 1. The Morgan fingerprint density at radius 2 is 2.16 bits per heavy atom. The molecule has 2 aromatic heterocycles. The molecule has 4 heterocycles. The van der Waals surface area contributed by atoms with Gasteiger partial charge in [-0.25, -0.2) is 0 Å². The number of hydrogen-bond acceptors (Lipinski definition) is 7. The largest absolute Gasteiger partial charge is 0.381 e. The number of tetrazole rings is 1. The van der Waals surface area contributed by atoms with Gasteiger partial charge in [-0.3, -0.25) is 4.79 Å². The van der Waals surface area contributed by atoms with Crippen LogP contribution in [0, 0.1) is 11.8 Å². The lowest BCUT2D eigenvalue weighted by Crippen LogP contribution is -2.44. The van der Waals surface area contributed by atoms with Crippen molar-refractivity contribution in [3.8, 4) is 0 Å². The van der Waals surface area contributed by atoms with Crippen LogP contribution in [-0.2, 0) is 9.53 Å². The molecule has 4 rings (SSSR count). The Balaban J connectivity index is 1.35. The van der Waals surface area contributed by atoms with Crippen LogP contribution in [-0.4, -0.2) is 64.0 Å². The maximum atomic E-state index is 12.6. The number of ether oxygens (including phenoxy) is 1. The molecule has 1 unspecified atom stereocenters. The van der Waals surface area contributed by atoms with Gasteiger partial charge in [0.2, 0.25) is 5.91 Å². The molecule has 134 valence electrons. The van der Waals surface area contributed by atoms with Gasteiger partial charge in [0.25, 0.3) is 0 Å². The summed E-state index contributed by atoms with van der Waals surface area (Å²) in [6, 6.07) is 3.76. The fraction of sp³-hybridized carbons (Fsp3) is 0.688. The fourth-order valence-corrected chi connectivity index (χ4v) is 3.55. The third-order valence-corrected chi connectivity index (χ3v) is 5.08. The zero-order valence-corrected chi connectivity index (χ0v) is 14.2. The number of piperidine rings is 1. The average Bonchev–Trinajstić information content (AvgIpc) is 3.15. The van der Waals surface area contributed by atoms with Gasteiger partial charge in [0.15, 0.2) is 11.5 Å². The minimum absolute atomic E-state index is 0.0000380. The first-order valence-corrected chi connectivity index (χ1v) is 8.95. The van der Waals surface area contributed by atoms with E-state index >= 15 is 0 Å². The van der Waals surface area contributed by atoms with Crippen LogP contribution in [0.2, 0.25) is 0 Å². The molecule has 0 bridgehead atoms. The molecule has 9 heteroatoms. The van der Waals surface area contributed by atoms with Gasteiger partial charge in [-0.1, -0.05) is 0 Å². The standard InChI is InChI=1S/C16H23N7O2/c24-16(17-10-12-5-8-25-9-6-12)13-2-1-7-22(11-13)15-4-3-14-18-20-21-23(14)19-15/h3-4,12-13H,1-2,5-11H2,(H,17,24). The van der Waals surface area contributed by atoms with E-state index in [2.05, 4.69) is 30.8 Å². The molecule has 0 aromatic carbocycles. The first kappa shape index (κ1) is 16.2. The first-order chi connectivity index (χ1) is 12.3. The van der Waals surface area contributed by atoms with Crippen molar-refractivity contribution in [3.63, 3.8) is 0 Å². The van der Waals surface area contributed by atoms with Crippen molar-refractivity contribution in [2.24, 2.45) is 11.8 Å². The predicted octanol–water partition coefficient (Wildman–Crippen LogP) is 0.278. The Hall–Kier alpha value is -2.29. The zero-order chi connectivity index (χ0) is 17.1. The van der Waals surface area contributed by atoms with Crippen LogP contribution in [0.3, 0.4) is 0 Å². The summed E-state index contributed by atoms with van der Waals surface area (Å²) in [4.78, 5) is 14.7. The van der Waals surface area contributed by atoms with Gasteiger partial charge in [0, 0.05) is 32.8 Å². The molecule has 2 saturated heterocycles. The van der Waals surface area contributed by atoms with Crippen LogP contribution >= 0.6 is 0 Å². The number of amides is 1. The highest BCUT2D eigenvalue weighted by Crippen LogP contribution is 2.22. The molecule has 2 aliphatic heterocycles. The van der Waals surface area contributed by atoms with Crippen LogP contribution in [0.5, 0.6) is 0 Å². The van der Waals surface area contributed by atoms with Crippen LogP contribution in [0.4, 0.5) is 5.82 Å². The highest BCUT2D eigenvalue weighted by molar-refractivity contribution is 5.79. The molecular formula is C16H23N7O2. The molecule has 1 N–H and O–H groups in total. The molecule has 2 aromatic rings. The molecule has 1 amide bonds. The lowest BCUT2D eigenvalue weighted by molar-refractivity contribution is -0.125. The third-order valence-electron chi connectivity index (χ3n) is 5.08.